The van der Waals surface area contributed by atoms with E-state index in [1.165, 1.54) is 16.8 Å². The summed E-state index contributed by atoms with van der Waals surface area (Å²) in [6.07, 6.45) is 3.00. The van der Waals surface area contributed by atoms with Gasteiger partial charge in [0.15, 0.2) is 0 Å². The van der Waals surface area contributed by atoms with Crippen LogP contribution < -0.4 is 16.2 Å². The van der Waals surface area contributed by atoms with Crippen molar-refractivity contribution >= 4 is 39.6 Å². The molecule has 2 N–H and O–H groups in total. The summed E-state index contributed by atoms with van der Waals surface area (Å²) in [4.78, 5) is 16.5. The summed E-state index contributed by atoms with van der Waals surface area (Å²) in [5, 5.41) is 26.1. The summed E-state index contributed by atoms with van der Waals surface area (Å²) >= 11 is 6.02. The van der Waals surface area contributed by atoms with Crippen LogP contribution in [0.1, 0.15) is 18.4 Å². The number of rotatable bonds is 4. The van der Waals surface area contributed by atoms with E-state index in [1.807, 2.05) is 24.3 Å². The normalized spacial score (nSPS) is 14.1. The lowest BCUT2D eigenvalue weighted by atomic mass is 10.1. The van der Waals surface area contributed by atoms with Crippen molar-refractivity contribution in [2.45, 2.75) is 18.4 Å². The van der Waals surface area contributed by atoms with Crippen molar-refractivity contribution in [1.29, 1.82) is 10.5 Å². The Labute approximate surface area is 165 Å². The average molecular weight is 391 g/mol. The molecule has 2 heterocycles. The molecule has 0 radical (unpaired) electrons. The van der Waals surface area contributed by atoms with Crippen molar-refractivity contribution in [1.82, 2.24) is 9.55 Å². The first-order valence-electron chi connectivity index (χ1n) is 8.62. The van der Waals surface area contributed by atoms with Crippen LogP contribution in [0.25, 0.3) is 10.9 Å². The maximum Gasteiger partial charge on any atom is 0.252 e. The molecule has 7 nitrogen and oxygen atoms in total. The highest BCUT2D eigenvalue weighted by Crippen LogP contribution is 2.40. The molecular formula is C20H15ClN6O. The van der Waals surface area contributed by atoms with E-state index in [1.54, 1.807) is 13.1 Å². The van der Waals surface area contributed by atoms with Gasteiger partial charge in [0.1, 0.15) is 22.3 Å². The number of halogens is 1. The zero-order chi connectivity index (χ0) is 19.9. The quantitative estimate of drug-likeness (QED) is 0.658. The van der Waals surface area contributed by atoms with Crippen molar-refractivity contribution in [3.05, 3.63) is 57.6 Å². The second kappa shape index (κ2) is 6.56. The molecule has 0 saturated heterocycles. The molecule has 0 bridgehead atoms. The molecule has 1 aliphatic carbocycles. The summed E-state index contributed by atoms with van der Waals surface area (Å²) in [7, 11) is 1.68. The zero-order valence-electron chi connectivity index (χ0n) is 15.0. The third-order valence-corrected chi connectivity index (χ3v) is 5.17. The van der Waals surface area contributed by atoms with Crippen LogP contribution >= 0.6 is 11.6 Å². The number of benzene rings is 1. The minimum Gasteiger partial charge on any atom is -0.367 e. The molecule has 0 amide bonds. The van der Waals surface area contributed by atoms with E-state index < -0.39 is 5.54 Å². The Morgan fingerprint density at radius 2 is 2.00 bits per heavy atom. The molecule has 0 unspecified atom stereocenters. The molecule has 1 fully saturated rings. The van der Waals surface area contributed by atoms with Crippen LogP contribution in [0.4, 0.5) is 17.1 Å². The number of hydrogen-bond acceptors (Lipinski definition) is 6. The van der Waals surface area contributed by atoms with Crippen LogP contribution in [-0.2, 0) is 7.05 Å². The molecule has 28 heavy (non-hydrogen) atoms. The van der Waals surface area contributed by atoms with E-state index in [0.717, 1.165) is 18.2 Å². The number of aromatic nitrogens is 2. The monoisotopic (exact) mass is 390 g/mol. The fourth-order valence-corrected chi connectivity index (χ4v) is 3.37. The molecule has 2 aromatic heterocycles. The highest BCUT2D eigenvalue weighted by Gasteiger charge is 2.43. The van der Waals surface area contributed by atoms with Crippen molar-refractivity contribution in [2.75, 3.05) is 10.6 Å². The Bertz CT molecular complexity index is 1250. The van der Waals surface area contributed by atoms with Gasteiger partial charge in [-0.25, -0.2) is 4.98 Å². The first kappa shape index (κ1) is 17.8. The third kappa shape index (κ3) is 2.92. The Kier molecular flexibility index (Phi) is 4.18. The summed E-state index contributed by atoms with van der Waals surface area (Å²) in [6, 6.07) is 13.0. The minimum absolute atomic E-state index is 0.105. The molecule has 138 valence electrons. The van der Waals surface area contributed by atoms with E-state index >= 15 is 0 Å². The van der Waals surface area contributed by atoms with Gasteiger partial charge in [-0.05, 0) is 25.0 Å². The van der Waals surface area contributed by atoms with Crippen LogP contribution in [0.2, 0.25) is 5.15 Å². The van der Waals surface area contributed by atoms with Crippen molar-refractivity contribution in [2.24, 2.45) is 7.05 Å². The molecule has 8 heteroatoms. The van der Waals surface area contributed by atoms with Gasteiger partial charge in [-0.3, -0.25) is 4.79 Å². The minimum atomic E-state index is -0.602. The van der Waals surface area contributed by atoms with Gasteiger partial charge in [0.25, 0.3) is 5.56 Å². The molecule has 0 spiro atoms. The first-order valence-corrected chi connectivity index (χ1v) is 8.99. The Morgan fingerprint density at radius 1 is 1.21 bits per heavy atom. The van der Waals surface area contributed by atoms with E-state index in [-0.39, 0.29) is 16.3 Å². The van der Waals surface area contributed by atoms with Gasteiger partial charge >= 0.3 is 0 Å². The van der Waals surface area contributed by atoms with E-state index in [4.69, 9.17) is 11.6 Å². The van der Waals surface area contributed by atoms with E-state index in [9.17, 15) is 15.3 Å². The third-order valence-electron chi connectivity index (χ3n) is 4.88. The molecule has 0 atom stereocenters. The summed E-state index contributed by atoms with van der Waals surface area (Å²) in [5.74, 6) is 0. The second-order valence-electron chi connectivity index (χ2n) is 6.74. The Balaban J connectivity index is 1.88. The lowest BCUT2D eigenvalue weighted by Crippen LogP contribution is -2.23. The van der Waals surface area contributed by atoms with Gasteiger partial charge in [-0.15, -0.1) is 0 Å². The number of nitriles is 2. The first-order chi connectivity index (χ1) is 13.5. The Hall–Kier alpha value is -3.55. The van der Waals surface area contributed by atoms with Crippen molar-refractivity contribution in [3.63, 3.8) is 0 Å². The Morgan fingerprint density at radius 3 is 2.68 bits per heavy atom. The highest BCUT2D eigenvalue weighted by atomic mass is 35.5. The van der Waals surface area contributed by atoms with Gasteiger partial charge in [-0.2, -0.15) is 10.5 Å². The number of nitrogens with one attached hydrogen (secondary N) is 2. The number of para-hydroxylation sites is 1. The number of hydrogen-bond donors (Lipinski definition) is 2. The van der Waals surface area contributed by atoms with Gasteiger partial charge in [0.2, 0.25) is 0 Å². The van der Waals surface area contributed by atoms with Crippen LogP contribution in [-0.4, -0.2) is 15.1 Å². The van der Waals surface area contributed by atoms with Crippen LogP contribution in [0.5, 0.6) is 0 Å². The van der Waals surface area contributed by atoms with Gasteiger partial charge in [0.05, 0.1) is 28.6 Å². The van der Waals surface area contributed by atoms with Gasteiger partial charge in [0, 0.05) is 24.7 Å². The lowest BCUT2D eigenvalue weighted by molar-refractivity contribution is 0.899. The van der Waals surface area contributed by atoms with Crippen molar-refractivity contribution < 1.29 is 0 Å². The zero-order valence-corrected chi connectivity index (χ0v) is 15.7. The van der Waals surface area contributed by atoms with E-state index in [2.05, 4.69) is 21.7 Å². The molecule has 0 aliphatic heterocycles. The van der Waals surface area contributed by atoms with Crippen molar-refractivity contribution in [3.8, 4) is 12.1 Å². The fourth-order valence-electron chi connectivity index (χ4n) is 3.17. The van der Waals surface area contributed by atoms with E-state index in [0.29, 0.717) is 22.6 Å². The van der Waals surface area contributed by atoms with Crippen LogP contribution in [0.3, 0.4) is 0 Å². The molecular weight excluding hydrogens is 376 g/mol. The molecule has 1 aliphatic rings. The SMILES string of the molecule is Cn1c(=O)cc(NC2(C#N)CC2)c2cccc(Nc3ccnc(Cl)c3C#N)c21. The fraction of sp³-hybridized carbons (Fsp3) is 0.200. The predicted octanol–water partition coefficient (Wildman–Crippen LogP) is 3.67. The van der Waals surface area contributed by atoms with Crippen LogP contribution in [0.15, 0.2) is 41.3 Å². The topological polar surface area (TPSA) is 107 Å². The average Bonchev–Trinajstić information content (AvgIpc) is 3.46. The smallest absolute Gasteiger partial charge is 0.252 e. The highest BCUT2D eigenvalue weighted by molar-refractivity contribution is 6.31. The summed E-state index contributed by atoms with van der Waals surface area (Å²) < 4.78 is 1.53. The number of anilines is 3. The number of pyridine rings is 2. The summed E-state index contributed by atoms with van der Waals surface area (Å²) in [6.45, 7) is 0. The van der Waals surface area contributed by atoms with Crippen LogP contribution in [0, 0.1) is 22.7 Å². The molecule has 1 aromatic carbocycles. The molecule has 3 aromatic rings. The largest absolute Gasteiger partial charge is 0.367 e. The second-order valence-corrected chi connectivity index (χ2v) is 7.10. The summed E-state index contributed by atoms with van der Waals surface area (Å²) in [5.41, 5.74) is 1.83. The number of nitrogens with zero attached hydrogens (tertiary/aromatic N) is 4. The standard InChI is InChI=1S/C20H15ClN6O/c1-27-17(28)9-16(26-20(11-23)6-7-20)12-3-2-4-15(18(12)27)25-14-5-8-24-19(21)13(14)10-22/h2-5,8-9,26H,6-7H2,1H3,(H,24,25). The molecule has 4 rings (SSSR count). The maximum absolute atomic E-state index is 12.6. The maximum atomic E-state index is 12.6. The predicted molar refractivity (Wildman–Crippen MR) is 108 cm³/mol. The van der Waals surface area contributed by atoms with Gasteiger partial charge in [-0.1, -0.05) is 23.7 Å². The number of aryl methyl sites for hydroxylation is 1. The number of fused-ring (bicyclic) bond motifs is 1. The lowest BCUT2D eigenvalue weighted by Gasteiger charge is -2.18. The molecule has 1 saturated carbocycles. The van der Waals surface area contributed by atoms with Gasteiger partial charge < -0.3 is 15.2 Å².